The highest BCUT2D eigenvalue weighted by Crippen LogP contribution is 2.30. The van der Waals surface area contributed by atoms with Gasteiger partial charge in [-0.15, -0.1) is 15.6 Å². The summed E-state index contributed by atoms with van der Waals surface area (Å²) in [6.07, 6.45) is 0.657. The van der Waals surface area contributed by atoms with Gasteiger partial charge in [0.1, 0.15) is 11.5 Å². The maximum Gasteiger partial charge on any atom is 0.418 e. The Morgan fingerprint density at radius 1 is 1.52 bits per heavy atom. The third-order valence-electron chi connectivity index (χ3n) is 3.83. The average Bonchev–Trinajstić information content (AvgIpc) is 3.05. The summed E-state index contributed by atoms with van der Waals surface area (Å²) in [4.78, 5) is 29.3. The van der Waals surface area contributed by atoms with Crippen LogP contribution in [0.3, 0.4) is 0 Å². The predicted octanol–water partition coefficient (Wildman–Crippen LogP) is -0.565. The third kappa shape index (κ3) is 3.55. The van der Waals surface area contributed by atoms with E-state index in [4.69, 9.17) is 15.7 Å². The van der Waals surface area contributed by atoms with E-state index in [0.717, 1.165) is 11.3 Å². The fourth-order valence-electron chi connectivity index (χ4n) is 2.79. The zero-order valence-electron chi connectivity index (χ0n) is 12.6. The number of amides is 3. The molecule has 14 heteroatoms. The number of amidine groups is 1. The molecule has 0 spiro atoms. The van der Waals surface area contributed by atoms with E-state index in [1.165, 1.54) is 10.3 Å². The van der Waals surface area contributed by atoms with Crippen LogP contribution in [0.5, 0.6) is 0 Å². The standard InChI is InChI=1S/C11H14N6O6S2/c12-8(15-9(18)6-4-24-10(13)14-6)7-2-1-5-3-16(7)11(19)17(5)23-25(20,21)22/h4-5,7H,1-3H2,(H2,13,14)(H2,12,15,18)(H,20,21,22). The van der Waals surface area contributed by atoms with Crippen LogP contribution in [0.25, 0.3) is 0 Å². The van der Waals surface area contributed by atoms with E-state index < -0.39 is 34.4 Å². The second-order valence-corrected chi connectivity index (χ2v) is 7.34. The van der Waals surface area contributed by atoms with Crippen molar-refractivity contribution in [1.82, 2.24) is 20.3 Å². The van der Waals surface area contributed by atoms with Crippen LogP contribution in [0.15, 0.2) is 5.38 Å². The highest BCUT2D eigenvalue weighted by molar-refractivity contribution is 7.80. The minimum atomic E-state index is -4.83. The maximum absolute atomic E-state index is 12.3. The molecular weight excluding hydrogens is 376 g/mol. The molecular formula is C11H14N6O6S2. The van der Waals surface area contributed by atoms with Crippen molar-refractivity contribution in [2.75, 3.05) is 12.3 Å². The molecule has 1 aromatic rings. The molecule has 2 aliphatic heterocycles. The van der Waals surface area contributed by atoms with Gasteiger partial charge in [0.15, 0.2) is 5.13 Å². The first-order valence-electron chi connectivity index (χ1n) is 7.03. The van der Waals surface area contributed by atoms with Crippen molar-refractivity contribution < 1.29 is 26.8 Å². The molecule has 3 heterocycles. The van der Waals surface area contributed by atoms with Crippen molar-refractivity contribution in [3.8, 4) is 0 Å². The zero-order chi connectivity index (χ0) is 18.4. The molecule has 0 radical (unpaired) electrons. The molecule has 2 aliphatic rings. The first-order valence-corrected chi connectivity index (χ1v) is 9.28. The molecule has 2 unspecified atom stereocenters. The second kappa shape index (κ2) is 6.21. The lowest BCUT2D eigenvalue weighted by molar-refractivity contribution is -0.0316. The fraction of sp³-hybridized carbons (Fsp3) is 0.455. The number of piperidine rings is 1. The van der Waals surface area contributed by atoms with Crippen molar-refractivity contribution in [2.24, 2.45) is 0 Å². The zero-order valence-corrected chi connectivity index (χ0v) is 14.2. The van der Waals surface area contributed by atoms with Gasteiger partial charge >= 0.3 is 16.4 Å². The van der Waals surface area contributed by atoms with Gasteiger partial charge < -0.3 is 16.0 Å². The number of carbonyl (C=O) groups is 2. The summed E-state index contributed by atoms with van der Waals surface area (Å²) in [5.41, 5.74) is 5.52. The van der Waals surface area contributed by atoms with Crippen LogP contribution in [0.1, 0.15) is 23.3 Å². The lowest BCUT2D eigenvalue weighted by atomic mass is 10.00. The van der Waals surface area contributed by atoms with E-state index in [9.17, 15) is 18.0 Å². The van der Waals surface area contributed by atoms with Crippen molar-refractivity contribution in [2.45, 2.75) is 24.9 Å². The molecule has 0 saturated carbocycles. The monoisotopic (exact) mass is 390 g/mol. The van der Waals surface area contributed by atoms with E-state index >= 15 is 0 Å². The van der Waals surface area contributed by atoms with E-state index in [0.29, 0.717) is 17.9 Å². The number of carbonyl (C=O) groups excluding carboxylic acids is 2. The van der Waals surface area contributed by atoms with Crippen LogP contribution >= 0.6 is 11.3 Å². The van der Waals surface area contributed by atoms with Crippen molar-refractivity contribution >= 4 is 44.6 Å². The first kappa shape index (κ1) is 17.5. The number of nitrogens with zero attached hydrogens (tertiary/aromatic N) is 3. The fourth-order valence-corrected chi connectivity index (χ4v) is 3.72. The molecule has 3 amide bonds. The van der Waals surface area contributed by atoms with Crippen molar-refractivity contribution in [1.29, 1.82) is 5.41 Å². The molecule has 25 heavy (non-hydrogen) atoms. The lowest BCUT2D eigenvalue weighted by Crippen LogP contribution is -2.50. The van der Waals surface area contributed by atoms with Gasteiger partial charge in [0, 0.05) is 11.9 Å². The summed E-state index contributed by atoms with van der Waals surface area (Å²) in [7, 11) is -4.83. The summed E-state index contributed by atoms with van der Waals surface area (Å²) >= 11 is 1.08. The van der Waals surface area contributed by atoms with E-state index in [1.807, 2.05) is 0 Å². The van der Waals surface area contributed by atoms with Crippen LogP contribution in [-0.4, -0.2) is 64.3 Å². The molecule has 136 valence electrons. The number of hydrogen-bond donors (Lipinski definition) is 4. The predicted molar refractivity (Wildman–Crippen MR) is 85.1 cm³/mol. The number of nitrogens with one attached hydrogen (secondary N) is 2. The first-order chi connectivity index (χ1) is 11.7. The Morgan fingerprint density at radius 2 is 2.24 bits per heavy atom. The number of rotatable bonds is 4. The topological polar surface area (TPSA) is 179 Å². The Balaban J connectivity index is 1.69. The quantitative estimate of drug-likeness (QED) is 0.300. The van der Waals surface area contributed by atoms with Crippen LogP contribution in [0, 0.1) is 5.41 Å². The summed E-state index contributed by atoms with van der Waals surface area (Å²) in [6.45, 7) is 0.112. The Labute approximate surface area is 146 Å². The lowest BCUT2D eigenvalue weighted by Gasteiger charge is -2.30. The molecule has 1 aromatic heterocycles. The third-order valence-corrected chi connectivity index (χ3v) is 4.86. The highest BCUT2D eigenvalue weighted by atomic mass is 32.3. The number of aromatic nitrogens is 1. The van der Waals surface area contributed by atoms with Gasteiger partial charge in [-0.1, -0.05) is 0 Å². The minimum absolute atomic E-state index is 0.0602. The minimum Gasteiger partial charge on any atom is -0.375 e. The Morgan fingerprint density at radius 3 is 2.84 bits per heavy atom. The maximum atomic E-state index is 12.3. The van der Waals surface area contributed by atoms with E-state index in [-0.39, 0.29) is 23.2 Å². The Kier molecular flexibility index (Phi) is 4.36. The van der Waals surface area contributed by atoms with Crippen LogP contribution in [-0.2, 0) is 14.7 Å². The van der Waals surface area contributed by atoms with Gasteiger partial charge in [0.05, 0.1) is 12.1 Å². The molecule has 2 saturated heterocycles. The van der Waals surface area contributed by atoms with Gasteiger partial charge in [-0.05, 0) is 12.8 Å². The van der Waals surface area contributed by atoms with E-state index in [2.05, 4.69) is 14.6 Å². The molecule has 5 N–H and O–H groups in total. The molecule has 2 fully saturated rings. The molecule has 0 aliphatic carbocycles. The number of hydroxylamine groups is 2. The van der Waals surface area contributed by atoms with Crippen LogP contribution in [0.4, 0.5) is 9.93 Å². The van der Waals surface area contributed by atoms with Crippen LogP contribution < -0.4 is 11.1 Å². The number of urea groups is 1. The Bertz CT molecular complexity index is 838. The van der Waals surface area contributed by atoms with Crippen molar-refractivity contribution in [3.63, 3.8) is 0 Å². The smallest absolute Gasteiger partial charge is 0.375 e. The molecule has 3 rings (SSSR count). The van der Waals surface area contributed by atoms with Gasteiger partial charge in [-0.2, -0.15) is 13.5 Å². The molecule has 2 atom stereocenters. The van der Waals surface area contributed by atoms with E-state index in [1.54, 1.807) is 0 Å². The normalized spacial score (nSPS) is 23.0. The largest absolute Gasteiger partial charge is 0.418 e. The SMILES string of the molecule is N=C(NC(=O)c1csc(N)n1)C1CCC2CN1C(=O)N2OS(=O)(=O)O. The number of thiazole rings is 1. The molecule has 0 aromatic carbocycles. The molecule has 2 bridgehead atoms. The van der Waals surface area contributed by atoms with Gasteiger partial charge in [-0.3, -0.25) is 14.8 Å². The highest BCUT2D eigenvalue weighted by Gasteiger charge is 2.48. The van der Waals surface area contributed by atoms with Gasteiger partial charge in [0.2, 0.25) is 0 Å². The average molecular weight is 390 g/mol. The number of fused-ring (bicyclic) bond motifs is 2. The summed E-state index contributed by atoms with van der Waals surface area (Å²) in [6, 6.07) is -2.12. The number of nitrogens with two attached hydrogens (primary N) is 1. The molecule has 12 nitrogen and oxygen atoms in total. The number of anilines is 1. The van der Waals surface area contributed by atoms with Crippen LogP contribution in [0.2, 0.25) is 0 Å². The summed E-state index contributed by atoms with van der Waals surface area (Å²) < 4.78 is 34.7. The van der Waals surface area contributed by atoms with Gasteiger partial charge in [0.25, 0.3) is 5.91 Å². The second-order valence-electron chi connectivity index (χ2n) is 5.45. The van der Waals surface area contributed by atoms with Gasteiger partial charge in [-0.25, -0.2) is 9.78 Å². The summed E-state index contributed by atoms with van der Waals surface area (Å²) in [5.74, 6) is -0.852. The summed E-state index contributed by atoms with van der Waals surface area (Å²) in [5, 5.41) is 12.6. The number of nitrogen functional groups attached to an aromatic ring is 1. The number of hydrogen-bond acceptors (Lipinski definition) is 9. The Hall–Kier alpha value is -2.29. The van der Waals surface area contributed by atoms with Crippen molar-refractivity contribution in [3.05, 3.63) is 11.1 Å².